The van der Waals surface area contributed by atoms with Crippen LogP contribution in [-0.4, -0.2) is 6.61 Å². The molecular weight excluding hydrogens is 330 g/mol. The molecule has 0 aliphatic heterocycles. The average Bonchev–Trinajstić information content (AvgIpc) is 2.63. The van der Waals surface area contributed by atoms with Crippen LogP contribution >= 0.6 is 0 Å². The van der Waals surface area contributed by atoms with Crippen molar-refractivity contribution in [3.05, 3.63) is 65.2 Å². The van der Waals surface area contributed by atoms with E-state index in [-0.39, 0.29) is 5.41 Å². The van der Waals surface area contributed by atoms with Gasteiger partial charge < -0.3 is 10.1 Å². The first-order chi connectivity index (χ1) is 12.8. The predicted octanol–water partition coefficient (Wildman–Crippen LogP) is 6.65. The van der Waals surface area contributed by atoms with Crippen molar-refractivity contribution in [1.29, 1.82) is 0 Å². The molecule has 148 valence electrons. The molecule has 0 bridgehead atoms. The Morgan fingerprint density at radius 2 is 1.56 bits per heavy atom. The Morgan fingerprint density at radius 3 is 2.07 bits per heavy atom. The van der Waals surface area contributed by atoms with Crippen LogP contribution in [0.3, 0.4) is 0 Å². The first-order valence-corrected chi connectivity index (χ1v) is 10.3. The monoisotopic (exact) mass is 367 g/mol. The molecule has 0 fully saturated rings. The molecule has 27 heavy (non-hydrogen) atoms. The van der Waals surface area contributed by atoms with Gasteiger partial charge in [-0.1, -0.05) is 77.9 Å². The van der Waals surface area contributed by atoms with E-state index in [4.69, 9.17) is 4.74 Å². The van der Waals surface area contributed by atoms with Gasteiger partial charge in [0.25, 0.3) is 0 Å². The van der Waals surface area contributed by atoms with E-state index >= 15 is 0 Å². The van der Waals surface area contributed by atoms with Crippen LogP contribution in [0.5, 0.6) is 5.75 Å². The Labute approximate surface area is 166 Å². The second-order valence-corrected chi connectivity index (χ2v) is 8.89. The predicted molar refractivity (Wildman–Crippen MR) is 116 cm³/mol. The van der Waals surface area contributed by atoms with Crippen molar-refractivity contribution in [2.75, 3.05) is 6.61 Å². The fourth-order valence-electron chi connectivity index (χ4n) is 3.07. The van der Waals surface area contributed by atoms with E-state index in [9.17, 15) is 0 Å². The molecule has 0 saturated heterocycles. The van der Waals surface area contributed by atoms with Crippen molar-refractivity contribution in [2.45, 2.75) is 72.4 Å². The Morgan fingerprint density at radius 1 is 0.926 bits per heavy atom. The second kappa shape index (κ2) is 9.94. The fraction of sp³-hybridized carbons (Fsp3) is 0.520. The molecule has 0 heterocycles. The highest BCUT2D eigenvalue weighted by molar-refractivity contribution is 5.30. The van der Waals surface area contributed by atoms with Gasteiger partial charge in [-0.25, -0.2) is 0 Å². The maximum Gasteiger partial charge on any atom is 0.119 e. The maximum absolute atomic E-state index is 5.83. The highest BCUT2D eigenvalue weighted by Crippen LogP contribution is 2.23. The minimum absolute atomic E-state index is 0.205. The molecule has 0 spiro atoms. The van der Waals surface area contributed by atoms with Gasteiger partial charge >= 0.3 is 0 Å². The molecule has 0 amide bonds. The van der Waals surface area contributed by atoms with E-state index in [1.165, 1.54) is 16.7 Å². The summed E-state index contributed by atoms with van der Waals surface area (Å²) in [4.78, 5) is 0. The van der Waals surface area contributed by atoms with Gasteiger partial charge in [0.1, 0.15) is 5.75 Å². The van der Waals surface area contributed by atoms with Crippen LogP contribution in [0, 0.1) is 5.92 Å². The third-order valence-electron chi connectivity index (χ3n) is 5.03. The molecule has 0 radical (unpaired) electrons. The van der Waals surface area contributed by atoms with Gasteiger partial charge in [-0.15, -0.1) is 0 Å². The van der Waals surface area contributed by atoms with Gasteiger partial charge in [-0.2, -0.15) is 0 Å². The Hall–Kier alpha value is -1.80. The Kier molecular flexibility index (Phi) is 7.91. The molecule has 2 heteroatoms. The quantitative estimate of drug-likeness (QED) is 0.536. The number of rotatable bonds is 9. The lowest BCUT2D eigenvalue weighted by molar-refractivity contribution is 0.289. The number of hydrogen-bond donors (Lipinski definition) is 1. The smallest absolute Gasteiger partial charge is 0.119 e. The maximum atomic E-state index is 5.83. The summed E-state index contributed by atoms with van der Waals surface area (Å²) in [5.74, 6) is 1.64. The summed E-state index contributed by atoms with van der Waals surface area (Å²) in [6, 6.07) is 17.9. The van der Waals surface area contributed by atoms with Gasteiger partial charge in [0.05, 0.1) is 6.61 Å². The van der Waals surface area contributed by atoms with Gasteiger partial charge in [0.2, 0.25) is 0 Å². The topological polar surface area (TPSA) is 21.3 Å². The molecule has 0 saturated carbocycles. The highest BCUT2D eigenvalue weighted by atomic mass is 16.5. The Bertz CT molecular complexity index is 665. The third-order valence-corrected chi connectivity index (χ3v) is 5.03. The molecule has 2 rings (SSSR count). The van der Waals surface area contributed by atoms with Crippen molar-refractivity contribution >= 4 is 0 Å². The van der Waals surface area contributed by atoms with Crippen molar-refractivity contribution in [1.82, 2.24) is 5.32 Å². The zero-order valence-corrected chi connectivity index (χ0v) is 18.0. The highest BCUT2D eigenvalue weighted by Gasteiger charge is 2.13. The minimum Gasteiger partial charge on any atom is -0.494 e. The van der Waals surface area contributed by atoms with Crippen molar-refractivity contribution < 1.29 is 4.74 Å². The average molecular weight is 368 g/mol. The van der Waals surface area contributed by atoms with E-state index < -0.39 is 0 Å². The van der Waals surface area contributed by atoms with Crippen LogP contribution < -0.4 is 10.1 Å². The number of hydrogen-bond acceptors (Lipinski definition) is 2. The van der Waals surface area contributed by atoms with E-state index in [0.29, 0.717) is 12.0 Å². The molecule has 0 aromatic heterocycles. The summed E-state index contributed by atoms with van der Waals surface area (Å²) in [6.45, 7) is 15.1. The van der Waals surface area contributed by atoms with Gasteiger partial charge in [-0.05, 0) is 53.0 Å². The number of ether oxygens (including phenoxy) is 1. The lowest BCUT2D eigenvalue weighted by Crippen LogP contribution is -2.20. The van der Waals surface area contributed by atoms with Crippen LogP contribution in [0.25, 0.3) is 0 Å². The van der Waals surface area contributed by atoms with Crippen molar-refractivity contribution in [3.63, 3.8) is 0 Å². The summed E-state index contributed by atoms with van der Waals surface area (Å²) >= 11 is 0. The molecule has 2 aromatic rings. The van der Waals surface area contributed by atoms with Crippen LogP contribution in [0.15, 0.2) is 48.5 Å². The number of benzene rings is 2. The Balaban J connectivity index is 1.91. The molecule has 0 aliphatic rings. The zero-order valence-electron chi connectivity index (χ0n) is 18.0. The lowest BCUT2D eigenvalue weighted by atomic mass is 9.87. The summed E-state index contributed by atoms with van der Waals surface area (Å²) < 4.78 is 5.83. The first kappa shape index (κ1) is 21.5. The lowest BCUT2D eigenvalue weighted by Gasteiger charge is -2.20. The van der Waals surface area contributed by atoms with E-state index in [1.807, 2.05) is 0 Å². The molecule has 0 aliphatic carbocycles. The van der Waals surface area contributed by atoms with Crippen LogP contribution in [0.4, 0.5) is 0 Å². The SMILES string of the molecule is CCC(NCc1ccc(C(C)(C)C)cc1)c1ccc(OCCC(C)C)cc1. The third kappa shape index (κ3) is 7.03. The second-order valence-electron chi connectivity index (χ2n) is 8.89. The molecule has 2 nitrogen and oxygen atoms in total. The van der Waals surface area contributed by atoms with E-state index in [2.05, 4.69) is 95.4 Å². The standard InChI is InChI=1S/C25H37NO/c1-7-24(21-10-14-23(15-11-21)27-17-16-19(2)3)26-18-20-8-12-22(13-9-20)25(4,5)6/h8-15,19,24,26H,7,16-18H2,1-6H3. The summed E-state index contributed by atoms with van der Waals surface area (Å²) in [5.41, 5.74) is 4.23. The summed E-state index contributed by atoms with van der Waals surface area (Å²) in [6.07, 6.45) is 2.16. The minimum atomic E-state index is 0.205. The van der Waals surface area contributed by atoms with Crippen LogP contribution in [0.2, 0.25) is 0 Å². The number of nitrogens with one attached hydrogen (secondary N) is 1. The summed E-state index contributed by atoms with van der Waals surface area (Å²) in [7, 11) is 0. The van der Waals surface area contributed by atoms with Crippen LogP contribution in [0.1, 0.15) is 77.1 Å². The molecule has 1 atom stereocenters. The largest absolute Gasteiger partial charge is 0.494 e. The van der Waals surface area contributed by atoms with Crippen molar-refractivity contribution in [3.8, 4) is 5.75 Å². The van der Waals surface area contributed by atoms with Gasteiger partial charge in [0, 0.05) is 12.6 Å². The van der Waals surface area contributed by atoms with Crippen LogP contribution in [-0.2, 0) is 12.0 Å². The van der Waals surface area contributed by atoms with E-state index in [1.54, 1.807) is 0 Å². The zero-order chi connectivity index (χ0) is 19.9. The van der Waals surface area contributed by atoms with Gasteiger partial charge in [0.15, 0.2) is 0 Å². The van der Waals surface area contributed by atoms with E-state index in [0.717, 1.165) is 31.7 Å². The molecule has 2 aromatic carbocycles. The summed E-state index contributed by atoms with van der Waals surface area (Å²) in [5, 5.41) is 3.70. The fourth-order valence-corrected chi connectivity index (χ4v) is 3.07. The van der Waals surface area contributed by atoms with Gasteiger partial charge in [-0.3, -0.25) is 0 Å². The normalized spacial score (nSPS) is 13.0. The van der Waals surface area contributed by atoms with Crippen molar-refractivity contribution in [2.24, 2.45) is 5.92 Å². The first-order valence-electron chi connectivity index (χ1n) is 10.3. The molecule has 1 N–H and O–H groups in total. The molecular formula is C25H37NO. The molecule has 1 unspecified atom stereocenters.